The number of carboxylic acids is 1. The molecule has 0 bridgehead atoms. The van der Waals surface area contributed by atoms with Crippen LogP contribution < -0.4 is 0 Å². The summed E-state index contributed by atoms with van der Waals surface area (Å²) < 4.78 is 13.0. The van der Waals surface area contributed by atoms with E-state index in [0.29, 0.717) is 18.7 Å². The van der Waals surface area contributed by atoms with E-state index in [1.807, 2.05) is 12.1 Å². The Labute approximate surface area is 145 Å². The van der Waals surface area contributed by atoms with Crippen LogP contribution in [0.5, 0.6) is 0 Å². The second-order valence-corrected chi connectivity index (χ2v) is 6.08. The maximum Gasteiger partial charge on any atom is 0.335 e. The van der Waals surface area contributed by atoms with E-state index in [4.69, 9.17) is 5.11 Å². The highest BCUT2D eigenvalue weighted by atomic mass is 19.1. The van der Waals surface area contributed by atoms with Gasteiger partial charge in [0.1, 0.15) is 5.82 Å². The number of carboxylic acid groups (broad SMARTS) is 1. The van der Waals surface area contributed by atoms with Crippen LogP contribution in [0.15, 0.2) is 48.5 Å². The van der Waals surface area contributed by atoms with Crippen molar-refractivity contribution in [2.24, 2.45) is 0 Å². The zero-order valence-corrected chi connectivity index (χ0v) is 13.7. The molecule has 1 saturated heterocycles. The van der Waals surface area contributed by atoms with Crippen molar-refractivity contribution >= 4 is 11.9 Å². The van der Waals surface area contributed by atoms with Gasteiger partial charge in [-0.1, -0.05) is 12.1 Å². The van der Waals surface area contributed by atoms with Gasteiger partial charge in [0.2, 0.25) is 0 Å². The summed E-state index contributed by atoms with van der Waals surface area (Å²) in [5.74, 6) is -1.36. The molecule has 1 amide bonds. The van der Waals surface area contributed by atoms with Gasteiger partial charge in [-0.2, -0.15) is 0 Å². The van der Waals surface area contributed by atoms with Crippen LogP contribution in [0, 0.1) is 5.82 Å². The summed E-state index contributed by atoms with van der Waals surface area (Å²) in [4.78, 5) is 27.3. The summed E-state index contributed by atoms with van der Waals surface area (Å²) in [7, 11) is 0. The van der Waals surface area contributed by atoms with Gasteiger partial charge in [0, 0.05) is 38.3 Å². The number of amides is 1. The molecule has 1 aliphatic heterocycles. The van der Waals surface area contributed by atoms with E-state index in [1.54, 1.807) is 17.0 Å². The zero-order chi connectivity index (χ0) is 17.8. The number of carbonyl (C=O) groups excluding carboxylic acids is 1. The van der Waals surface area contributed by atoms with Gasteiger partial charge in [-0.25, -0.2) is 9.18 Å². The molecular formula is C19H19FN2O3. The second-order valence-electron chi connectivity index (χ2n) is 6.08. The number of halogens is 1. The molecule has 0 spiro atoms. The van der Waals surface area contributed by atoms with Crippen LogP contribution in [-0.4, -0.2) is 53.0 Å². The van der Waals surface area contributed by atoms with E-state index in [0.717, 1.165) is 25.2 Å². The maximum atomic E-state index is 13.0. The lowest BCUT2D eigenvalue weighted by Crippen LogP contribution is -2.48. The Morgan fingerprint density at radius 2 is 1.44 bits per heavy atom. The Hall–Kier alpha value is -2.73. The minimum absolute atomic E-state index is 0.0783. The van der Waals surface area contributed by atoms with Crippen LogP contribution in [0.3, 0.4) is 0 Å². The van der Waals surface area contributed by atoms with Crippen molar-refractivity contribution in [3.8, 4) is 0 Å². The molecule has 0 atom stereocenters. The largest absolute Gasteiger partial charge is 0.478 e. The molecule has 6 heteroatoms. The number of aromatic carboxylic acids is 1. The van der Waals surface area contributed by atoms with Crippen LogP contribution in [0.4, 0.5) is 4.39 Å². The predicted molar refractivity (Wildman–Crippen MR) is 91.0 cm³/mol. The summed E-state index contributed by atoms with van der Waals surface area (Å²) in [5.41, 5.74) is 1.82. The maximum absolute atomic E-state index is 13.0. The molecule has 1 heterocycles. The second kappa shape index (κ2) is 7.44. The van der Waals surface area contributed by atoms with Crippen molar-refractivity contribution < 1.29 is 19.1 Å². The fraction of sp³-hybridized carbons (Fsp3) is 0.263. The first-order chi connectivity index (χ1) is 12.0. The van der Waals surface area contributed by atoms with E-state index in [9.17, 15) is 14.0 Å². The minimum Gasteiger partial charge on any atom is -0.478 e. The smallest absolute Gasteiger partial charge is 0.335 e. The molecule has 0 saturated carbocycles. The third-order valence-electron chi connectivity index (χ3n) is 4.36. The molecule has 0 radical (unpaired) electrons. The Balaban J connectivity index is 1.53. The third-order valence-corrected chi connectivity index (χ3v) is 4.36. The molecular weight excluding hydrogens is 323 g/mol. The van der Waals surface area contributed by atoms with Crippen molar-refractivity contribution in [3.05, 3.63) is 71.0 Å². The molecule has 1 aliphatic rings. The molecule has 1 fully saturated rings. The molecule has 1 N–H and O–H groups in total. The Morgan fingerprint density at radius 3 is 2.00 bits per heavy atom. The number of piperazine rings is 1. The van der Waals surface area contributed by atoms with E-state index >= 15 is 0 Å². The number of hydrogen-bond donors (Lipinski definition) is 1. The SMILES string of the molecule is O=C(O)c1ccc(CN2CCN(C(=O)c3ccc(F)cc3)CC2)cc1. The molecule has 2 aromatic rings. The number of carbonyl (C=O) groups is 2. The quantitative estimate of drug-likeness (QED) is 0.927. The van der Waals surface area contributed by atoms with Crippen molar-refractivity contribution in [1.82, 2.24) is 9.80 Å². The van der Waals surface area contributed by atoms with Gasteiger partial charge in [0.25, 0.3) is 5.91 Å². The number of hydrogen-bond acceptors (Lipinski definition) is 3. The molecule has 0 aliphatic carbocycles. The highest BCUT2D eigenvalue weighted by Gasteiger charge is 2.22. The van der Waals surface area contributed by atoms with Gasteiger partial charge in [-0.05, 0) is 42.0 Å². The van der Waals surface area contributed by atoms with Crippen molar-refractivity contribution in [2.75, 3.05) is 26.2 Å². The average molecular weight is 342 g/mol. The van der Waals surface area contributed by atoms with E-state index < -0.39 is 5.97 Å². The average Bonchev–Trinajstić information content (AvgIpc) is 2.63. The normalized spacial score (nSPS) is 15.2. The first-order valence-electron chi connectivity index (χ1n) is 8.12. The fourth-order valence-corrected chi connectivity index (χ4v) is 2.90. The topological polar surface area (TPSA) is 60.9 Å². The predicted octanol–water partition coefficient (Wildman–Crippen LogP) is 2.48. The number of nitrogens with zero attached hydrogens (tertiary/aromatic N) is 2. The lowest BCUT2D eigenvalue weighted by Gasteiger charge is -2.34. The molecule has 2 aromatic carbocycles. The first-order valence-corrected chi connectivity index (χ1v) is 8.12. The summed E-state index contributed by atoms with van der Waals surface area (Å²) in [5, 5.41) is 8.92. The van der Waals surface area contributed by atoms with Gasteiger partial charge >= 0.3 is 5.97 Å². The molecule has 130 valence electrons. The van der Waals surface area contributed by atoms with Gasteiger partial charge in [-0.15, -0.1) is 0 Å². The Morgan fingerprint density at radius 1 is 0.880 bits per heavy atom. The summed E-state index contributed by atoms with van der Waals surface area (Å²) in [6.45, 7) is 3.44. The lowest BCUT2D eigenvalue weighted by molar-refractivity contribution is 0.0628. The van der Waals surface area contributed by atoms with Crippen LogP contribution in [0.2, 0.25) is 0 Å². The highest BCUT2D eigenvalue weighted by Crippen LogP contribution is 2.13. The van der Waals surface area contributed by atoms with Gasteiger partial charge in [0.15, 0.2) is 0 Å². The molecule has 0 unspecified atom stereocenters. The molecule has 0 aromatic heterocycles. The number of rotatable bonds is 4. The minimum atomic E-state index is -0.931. The third kappa shape index (κ3) is 4.22. The van der Waals surface area contributed by atoms with Gasteiger partial charge in [0.05, 0.1) is 5.56 Å². The van der Waals surface area contributed by atoms with Crippen LogP contribution in [0.25, 0.3) is 0 Å². The fourth-order valence-electron chi connectivity index (χ4n) is 2.90. The summed E-state index contributed by atoms with van der Waals surface area (Å²) in [6.07, 6.45) is 0. The highest BCUT2D eigenvalue weighted by molar-refractivity contribution is 5.94. The Bertz CT molecular complexity index is 751. The lowest BCUT2D eigenvalue weighted by atomic mass is 10.1. The summed E-state index contributed by atoms with van der Waals surface area (Å²) in [6, 6.07) is 12.5. The monoisotopic (exact) mass is 342 g/mol. The van der Waals surface area contributed by atoms with E-state index in [-0.39, 0.29) is 17.3 Å². The van der Waals surface area contributed by atoms with Crippen molar-refractivity contribution in [3.63, 3.8) is 0 Å². The van der Waals surface area contributed by atoms with Crippen LogP contribution in [-0.2, 0) is 6.54 Å². The first kappa shape index (κ1) is 17.1. The molecule has 5 nitrogen and oxygen atoms in total. The van der Waals surface area contributed by atoms with E-state index in [1.165, 1.54) is 24.3 Å². The van der Waals surface area contributed by atoms with Crippen molar-refractivity contribution in [2.45, 2.75) is 6.54 Å². The summed E-state index contributed by atoms with van der Waals surface area (Å²) >= 11 is 0. The molecule has 25 heavy (non-hydrogen) atoms. The van der Waals surface area contributed by atoms with Crippen LogP contribution >= 0.6 is 0 Å². The number of benzene rings is 2. The molecule has 3 rings (SSSR count). The van der Waals surface area contributed by atoms with E-state index in [2.05, 4.69) is 4.90 Å². The zero-order valence-electron chi connectivity index (χ0n) is 13.7. The van der Waals surface area contributed by atoms with Gasteiger partial charge in [-0.3, -0.25) is 9.69 Å². The van der Waals surface area contributed by atoms with Gasteiger partial charge < -0.3 is 10.0 Å². The van der Waals surface area contributed by atoms with Crippen molar-refractivity contribution in [1.29, 1.82) is 0 Å². The standard InChI is InChI=1S/C19H19FN2O3/c20-17-7-5-15(6-8-17)18(23)22-11-9-21(10-12-22)13-14-1-3-16(4-2-14)19(24)25/h1-8H,9-13H2,(H,24,25). The van der Waals surface area contributed by atoms with Crippen LogP contribution in [0.1, 0.15) is 26.3 Å². The Kier molecular flexibility index (Phi) is 5.09.